The highest BCUT2D eigenvalue weighted by Gasteiger charge is 2.11. The van der Waals surface area contributed by atoms with Crippen molar-refractivity contribution in [3.05, 3.63) is 28.7 Å². The van der Waals surface area contributed by atoms with E-state index in [9.17, 15) is 0 Å². The molecule has 0 N–H and O–H groups in total. The summed E-state index contributed by atoms with van der Waals surface area (Å²) in [5.41, 5.74) is 0.815. The Morgan fingerprint density at radius 3 is 2.53 bits per heavy atom. The van der Waals surface area contributed by atoms with Gasteiger partial charge in [-0.2, -0.15) is 9.67 Å². The van der Waals surface area contributed by atoms with Crippen molar-refractivity contribution in [1.29, 1.82) is 0 Å². The Morgan fingerprint density at radius 2 is 1.94 bits per heavy atom. The predicted molar refractivity (Wildman–Crippen MR) is 65.5 cm³/mol. The lowest BCUT2D eigenvalue weighted by Crippen LogP contribution is -2.06. The van der Waals surface area contributed by atoms with Crippen molar-refractivity contribution in [2.45, 2.75) is 33.6 Å². The smallest absolute Gasteiger partial charge is 0.223 e. The molecule has 0 amide bonds. The third-order valence-corrected chi connectivity index (χ3v) is 2.55. The van der Waals surface area contributed by atoms with Crippen LogP contribution in [0.15, 0.2) is 6.07 Å². The van der Waals surface area contributed by atoms with Gasteiger partial charge in [-0.25, -0.2) is 9.97 Å². The van der Waals surface area contributed by atoms with E-state index in [2.05, 4.69) is 20.1 Å². The molecule has 0 saturated carbocycles. The molecule has 0 bridgehead atoms. The van der Waals surface area contributed by atoms with Gasteiger partial charge < -0.3 is 0 Å². The molecule has 0 radical (unpaired) electrons. The lowest BCUT2D eigenvalue weighted by atomic mass is 10.4. The quantitative estimate of drug-likeness (QED) is 0.785. The minimum Gasteiger partial charge on any atom is -0.223 e. The molecule has 0 unspecified atom stereocenters. The van der Waals surface area contributed by atoms with Gasteiger partial charge in [-0.1, -0.05) is 13.8 Å². The van der Waals surface area contributed by atoms with E-state index in [4.69, 9.17) is 11.6 Å². The van der Waals surface area contributed by atoms with Gasteiger partial charge in [-0.05, 0) is 18.5 Å². The summed E-state index contributed by atoms with van der Waals surface area (Å²) in [5, 5.41) is 4.64. The Kier molecular flexibility index (Phi) is 3.38. The van der Waals surface area contributed by atoms with Gasteiger partial charge in [0.15, 0.2) is 11.6 Å². The first-order chi connectivity index (χ1) is 8.13. The van der Waals surface area contributed by atoms with Gasteiger partial charge in [0.1, 0.15) is 5.82 Å². The summed E-state index contributed by atoms with van der Waals surface area (Å²) in [7, 11) is 0. The van der Waals surface area contributed by atoms with Crippen molar-refractivity contribution in [3.63, 3.8) is 0 Å². The summed E-state index contributed by atoms with van der Waals surface area (Å²) in [6, 6.07) is 1.85. The standard InChI is InChI=1S/C11H14ClN5/c1-4-8-14-9(5-2)17(16-8)10-6-7(3)13-11(12)15-10/h6H,4-5H2,1-3H3. The Bertz CT molecular complexity index is 514. The average Bonchev–Trinajstić information content (AvgIpc) is 2.70. The molecule has 90 valence electrons. The van der Waals surface area contributed by atoms with E-state index in [-0.39, 0.29) is 5.28 Å². The fourth-order valence-corrected chi connectivity index (χ4v) is 1.80. The Balaban J connectivity index is 2.54. The van der Waals surface area contributed by atoms with Crippen LogP contribution in [0.1, 0.15) is 31.2 Å². The number of nitrogens with zero attached hydrogens (tertiary/aromatic N) is 5. The molecule has 6 heteroatoms. The van der Waals surface area contributed by atoms with Crippen LogP contribution in [-0.2, 0) is 12.8 Å². The van der Waals surface area contributed by atoms with Crippen molar-refractivity contribution >= 4 is 11.6 Å². The zero-order valence-electron chi connectivity index (χ0n) is 10.1. The molecule has 2 heterocycles. The molecular formula is C11H14ClN5. The molecule has 0 atom stereocenters. The second-order valence-electron chi connectivity index (χ2n) is 3.70. The molecule has 0 fully saturated rings. The zero-order chi connectivity index (χ0) is 12.4. The molecule has 5 nitrogen and oxygen atoms in total. The predicted octanol–water partition coefficient (Wildman–Crippen LogP) is 2.14. The summed E-state index contributed by atoms with van der Waals surface area (Å²) in [4.78, 5) is 12.6. The van der Waals surface area contributed by atoms with Crippen LogP contribution in [0.2, 0.25) is 5.28 Å². The number of aryl methyl sites for hydroxylation is 3. The van der Waals surface area contributed by atoms with Crippen LogP contribution in [0.3, 0.4) is 0 Å². The van der Waals surface area contributed by atoms with Gasteiger partial charge in [0.05, 0.1) is 0 Å². The topological polar surface area (TPSA) is 56.5 Å². The number of aromatic nitrogens is 5. The molecular weight excluding hydrogens is 238 g/mol. The number of halogens is 1. The maximum Gasteiger partial charge on any atom is 0.224 e. The van der Waals surface area contributed by atoms with E-state index in [0.29, 0.717) is 5.82 Å². The molecule has 0 aromatic carbocycles. The molecule has 2 rings (SSSR count). The molecule has 0 spiro atoms. The SMILES string of the molecule is CCc1nc(CC)n(-c2cc(C)nc(Cl)n2)n1. The van der Waals surface area contributed by atoms with Crippen LogP contribution in [0.5, 0.6) is 0 Å². The number of hydrogen-bond acceptors (Lipinski definition) is 4. The first kappa shape index (κ1) is 12.0. The second kappa shape index (κ2) is 4.79. The maximum atomic E-state index is 5.85. The lowest BCUT2D eigenvalue weighted by molar-refractivity contribution is 0.763. The van der Waals surface area contributed by atoms with Crippen molar-refractivity contribution < 1.29 is 0 Å². The molecule has 0 saturated heterocycles. The fourth-order valence-electron chi connectivity index (χ4n) is 1.58. The summed E-state index contributed by atoms with van der Waals surface area (Å²) in [6.45, 7) is 5.94. The summed E-state index contributed by atoms with van der Waals surface area (Å²) in [6.07, 6.45) is 1.60. The summed E-state index contributed by atoms with van der Waals surface area (Å²) < 4.78 is 1.74. The maximum absolute atomic E-state index is 5.85. The van der Waals surface area contributed by atoms with Gasteiger partial charge in [0, 0.05) is 24.6 Å². The highest BCUT2D eigenvalue weighted by Crippen LogP contribution is 2.12. The molecule has 2 aromatic rings. The van der Waals surface area contributed by atoms with Crippen molar-refractivity contribution in [1.82, 2.24) is 24.7 Å². The van der Waals surface area contributed by atoms with E-state index in [1.165, 1.54) is 0 Å². The Hall–Kier alpha value is -1.49. The molecule has 0 aliphatic rings. The lowest BCUT2D eigenvalue weighted by Gasteiger charge is -2.04. The first-order valence-electron chi connectivity index (χ1n) is 5.60. The second-order valence-corrected chi connectivity index (χ2v) is 4.04. The molecule has 0 aliphatic heterocycles. The third kappa shape index (κ3) is 2.44. The fraction of sp³-hybridized carbons (Fsp3) is 0.455. The van der Waals surface area contributed by atoms with Gasteiger partial charge in [-0.15, -0.1) is 5.10 Å². The van der Waals surface area contributed by atoms with Crippen molar-refractivity contribution in [3.8, 4) is 5.82 Å². The van der Waals surface area contributed by atoms with E-state index >= 15 is 0 Å². The first-order valence-corrected chi connectivity index (χ1v) is 5.98. The monoisotopic (exact) mass is 251 g/mol. The zero-order valence-corrected chi connectivity index (χ0v) is 10.9. The number of rotatable bonds is 3. The molecule has 17 heavy (non-hydrogen) atoms. The highest BCUT2D eigenvalue weighted by atomic mass is 35.5. The van der Waals surface area contributed by atoms with Crippen LogP contribution in [0, 0.1) is 6.92 Å². The van der Waals surface area contributed by atoms with Crippen molar-refractivity contribution in [2.24, 2.45) is 0 Å². The van der Waals surface area contributed by atoms with Gasteiger partial charge in [0.25, 0.3) is 0 Å². The Labute approximate surface area is 105 Å². The Morgan fingerprint density at radius 1 is 1.18 bits per heavy atom. The normalized spacial score (nSPS) is 10.8. The number of hydrogen-bond donors (Lipinski definition) is 0. The average molecular weight is 252 g/mol. The highest BCUT2D eigenvalue weighted by molar-refractivity contribution is 6.28. The van der Waals surface area contributed by atoms with Crippen LogP contribution >= 0.6 is 11.6 Å². The minimum absolute atomic E-state index is 0.232. The van der Waals surface area contributed by atoms with Crippen LogP contribution in [-0.4, -0.2) is 24.7 Å². The van der Waals surface area contributed by atoms with Crippen LogP contribution < -0.4 is 0 Å². The summed E-state index contributed by atoms with van der Waals surface area (Å²) in [5.74, 6) is 2.37. The largest absolute Gasteiger partial charge is 0.224 e. The third-order valence-electron chi connectivity index (χ3n) is 2.38. The van der Waals surface area contributed by atoms with Crippen molar-refractivity contribution in [2.75, 3.05) is 0 Å². The minimum atomic E-state index is 0.232. The van der Waals surface area contributed by atoms with E-state index in [1.54, 1.807) is 4.68 Å². The molecule has 2 aromatic heterocycles. The van der Waals surface area contributed by atoms with Crippen LogP contribution in [0.25, 0.3) is 5.82 Å². The summed E-state index contributed by atoms with van der Waals surface area (Å²) >= 11 is 5.85. The molecule has 0 aliphatic carbocycles. The van der Waals surface area contributed by atoms with Gasteiger partial charge in [-0.3, -0.25) is 0 Å². The van der Waals surface area contributed by atoms with E-state index < -0.39 is 0 Å². The van der Waals surface area contributed by atoms with Crippen LogP contribution in [0.4, 0.5) is 0 Å². The van der Waals surface area contributed by atoms with Gasteiger partial charge >= 0.3 is 0 Å². The van der Waals surface area contributed by atoms with Gasteiger partial charge in [0.2, 0.25) is 5.28 Å². The van der Waals surface area contributed by atoms with E-state index in [1.807, 2.05) is 26.8 Å². The van der Waals surface area contributed by atoms with E-state index in [0.717, 1.165) is 30.2 Å².